The second kappa shape index (κ2) is 5.22. The minimum atomic E-state index is -0.659. The number of nitrogens with zero attached hydrogens (tertiary/aromatic N) is 1. The van der Waals surface area contributed by atoms with Crippen molar-refractivity contribution in [2.24, 2.45) is 0 Å². The normalized spacial score (nSPS) is 23.6. The summed E-state index contributed by atoms with van der Waals surface area (Å²) in [5.41, 5.74) is 0. The van der Waals surface area contributed by atoms with E-state index in [1.54, 1.807) is 0 Å². The maximum absolute atomic E-state index is 10.5. The molecule has 1 atom stereocenters. The highest BCUT2D eigenvalue weighted by molar-refractivity contribution is 5.67. The topological polar surface area (TPSA) is 40.5 Å². The van der Waals surface area contributed by atoms with Crippen molar-refractivity contribution in [1.29, 1.82) is 0 Å². The van der Waals surface area contributed by atoms with E-state index >= 15 is 0 Å². The zero-order chi connectivity index (χ0) is 9.68. The molecule has 13 heavy (non-hydrogen) atoms. The van der Waals surface area contributed by atoms with Crippen LogP contribution in [-0.2, 0) is 4.79 Å². The Balaban J connectivity index is 2.30. The van der Waals surface area contributed by atoms with Crippen molar-refractivity contribution in [3.8, 4) is 0 Å². The Hall–Kier alpha value is -0.570. The number of likely N-dealkylation sites (tertiary alicyclic amines) is 1. The van der Waals surface area contributed by atoms with Gasteiger partial charge in [0.1, 0.15) is 0 Å². The van der Waals surface area contributed by atoms with E-state index in [1.807, 2.05) is 0 Å². The van der Waals surface area contributed by atoms with Crippen LogP contribution < -0.4 is 0 Å². The van der Waals surface area contributed by atoms with Crippen LogP contribution in [0.4, 0.5) is 0 Å². The van der Waals surface area contributed by atoms with Crippen molar-refractivity contribution < 1.29 is 9.90 Å². The van der Waals surface area contributed by atoms with E-state index in [1.165, 1.54) is 19.3 Å². The molecule has 1 fully saturated rings. The lowest BCUT2D eigenvalue weighted by Crippen LogP contribution is -2.32. The summed E-state index contributed by atoms with van der Waals surface area (Å²) < 4.78 is 0. The molecule has 1 saturated heterocycles. The van der Waals surface area contributed by atoms with E-state index < -0.39 is 5.97 Å². The minimum Gasteiger partial charge on any atom is -0.481 e. The summed E-state index contributed by atoms with van der Waals surface area (Å²) in [6.07, 6.45) is 4.94. The number of aliphatic carboxylic acids is 1. The number of hydrogen-bond donors (Lipinski definition) is 1. The van der Waals surface area contributed by atoms with Gasteiger partial charge in [-0.1, -0.05) is 13.3 Å². The largest absolute Gasteiger partial charge is 0.481 e. The van der Waals surface area contributed by atoms with Gasteiger partial charge in [0.2, 0.25) is 0 Å². The highest BCUT2D eigenvalue weighted by Gasteiger charge is 2.25. The molecule has 0 aliphatic carbocycles. The number of rotatable bonds is 5. The van der Waals surface area contributed by atoms with Gasteiger partial charge < -0.3 is 5.11 Å². The third-order valence-corrected chi connectivity index (χ3v) is 2.71. The first-order valence-corrected chi connectivity index (χ1v) is 5.20. The van der Waals surface area contributed by atoms with E-state index in [4.69, 9.17) is 5.11 Å². The molecule has 3 heteroatoms. The van der Waals surface area contributed by atoms with Gasteiger partial charge in [-0.25, -0.2) is 0 Å². The van der Waals surface area contributed by atoms with Crippen molar-refractivity contribution in [2.45, 2.75) is 45.1 Å². The first kappa shape index (κ1) is 10.5. The molecule has 1 unspecified atom stereocenters. The van der Waals surface area contributed by atoms with Crippen LogP contribution in [0.3, 0.4) is 0 Å². The predicted octanol–water partition coefficient (Wildman–Crippen LogP) is 1.73. The molecule has 76 valence electrons. The molecule has 1 N–H and O–H groups in total. The van der Waals surface area contributed by atoms with Crippen molar-refractivity contribution >= 4 is 5.97 Å². The average molecular weight is 185 g/mol. The van der Waals surface area contributed by atoms with Crippen LogP contribution in [0.2, 0.25) is 0 Å². The monoisotopic (exact) mass is 185 g/mol. The number of carboxylic acid groups (broad SMARTS) is 1. The SMILES string of the molecule is CCCCN1CCCC1CC(=O)O. The molecular weight excluding hydrogens is 166 g/mol. The lowest BCUT2D eigenvalue weighted by molar-refractivity contribution is -0.138. The van der Waals surface area contributed by atoms with Crippen LogP contribution in [-0.4, -0.2) is 35.1 Å². The average Bonchev–Trinajstić information content (AvgIpc) is 2.48. The Labute approximate surface area is 79.7 Å². The van der Waals surface area contributed by atoms with E-state index in [2.05, 4.69) is 11.8 Å². The fraction of sp³-hybridized carbons (Fsp3) is 0.900. The molecule has 0 aromatic heterocycles. The van der Waals surface area contributed by atoms with Crippen molar-refractivity contribution in [3.63, 3.8) is 0 Å². The Morgan fingerprint density at radius 1 is 1.62 bits per heavy atom. The van der Waals surface area contributed by atoms with Gasteiger partial charge >= 0.3 is 5.97 Å². The summed E-state index contributed by atoms with van der Waals surface area (Å²) >= 11 is 0. The third-order valence-electron chi connectivity index (χ3n) is 2.71. The zero-order valence-electron chi connectivity index (χ0n) is 8.33. The second-order valence-corrected chi connectivity index (χ2v) is 3.78. The van der Waals surface area contributed by atoms with Gasteiger partial charge in [-0.3, -0.25) is 9.69 Å². The summed E-state index contributed by atoms with van der Waals surface area (Å²) in [5.74, 6) is -0.659. The van der Waals surface area contributed by atoms with E-state index in [-0.39, 0.29) is 0 Å². The first-order chi connectivity index (χ1) is 6.24. The number of carbonyl (C=O) groups is 1. The van der Waals surface area contributed by atoms with Crippen LogP contribution in [0.15, 0.2) is 0 Å². The van der Waals surface area contributed by atoms with E-state index in [9.17, 15) is 4.79 Å². The smallest absolute Gasteiger partial charge is 0.304 e. The molecule has 0 aromatic rings. The zero-order valence-corrected chi connectivity index (χ0v) is 8.33. The van der Waals surface area contributed by atoms with Crippen LogP contribution in [0.5, 0.6) is 0 Å². The highest BCUT2D eigenvalue weighted by atomic mass is 16.4. The summed E-state index contributed by atoms with van der Waals surface area (Å²) in [6, 6.07) is 0.309. The Bertz CT molecular complexity index is 170. The standard InChI is InChI=1S/C10H19NO2/c1-2-3-6-11-7-4-5-9(11)8-10(12)13/h9H,2-8H2,1H3,(H,12,13). The van der Waals surface area contributed by atoms with Crippen molar-refractivity contribution in [1.82, 2.24) is 4.90 Å². The van der Waals surface area contributed by atoms with Crippen LogP contribution in [0, 0.1) is 0 Å². The minimum absolute atomic E-state index is 0.309. The maximum atomic E-state index is 10.5. The van der Waals surface area contributed by atoms with Crippen LogP contribution in [0.1, 0.15) is 39.0 Å². The van der Waals surface area contributed by atoms with Gasteiger partial charge in [0, 0.05) is 6.04 Å². The summed E-state index contributed by atoms with van der Waals surface area (Å²) in [4.78, 5) is 12.9. The molecule has 0 radical (unpaired) electrons. The van der Waals surface area contributed by atoms with Crippen LogP contribution >= 0.6 is 0 Å². The predicted molar refractivity (Wildman–Crippen MR) is 51.8 cm³/mol. The molecule has 1 aliphatic heterocycles. The molecule has 0 amide bonds. The quantitative estimate of drug-likeness (QED) is 0.709. The maximum Gasteiger partial charge on any atom is 0.304 e. The second-order valence-electron chi connectivity index (χ2n) is 3.78. The molecule has 0 spiro atoms. The fourth-order valence-electron chi connectivity index (χ4n) is 1.98. The van der Waals surface area contributed by atoms with Gasteiger partial charge in [0.15, 0.2) is 0 Å². The highest BCUT2D eigenvalue weighted by Crippen LogP contribution is 2.20. The van der Waals surface area contributed by atoms with Gasteiger partial charge in [-0.2, -0.15) is 0 Å². The Morgan fingerprint density at radius 2 is 2.38 bits per heavy atom. The summed E-state index contributed by atoms with van der Waals surface area (Å²) in [7, 11) is 0. The van der Waals surface area contributed by atoms with Gasteiger partial charge in [0.05, 0.1) is 6.42 Å². The Kier molecular flexibility index (Phi) is 4.22. The molecule has 3 nitrogen and oxygen atoms in total. The van der Waals surface area contributed by atoms with E-state index in [0.29, 0.717) is 12.5 Å². The van der Waals surface area contributed by atoms with E-state index in [0.717, 1.165) is 19.5 Å². The van der Waals surface area contributed by atoms with Gasteiger partial charge in [-0.15, -0.1) is 0 Å². The first-order valence-electron chi connectivity index (χ1n) is 5.20. The fourth-order valence-corrected chi connectivity index (χ4v) is 1.98. The Morgan fingerprint density at radius 3 is 3.00 bits per heavy atom. The molecule has 1 aliphatic rings. The number of carboxylic acids is 1. The lowest BCUT2D eigenvalue weighted by atomic mass is 10.1. The molecule has 0 saturated carbocycles. The van der Waals surface area contributed by atoms with Crippen molar-refractivity contribution in [2.75, 3.05) is 13.1 Å². The number of unbranched alkanes of at least 4 members (excludes halogenated alkanes) is 1. The van der Waals surface area contributed by atoms with Gasteiger partial charge in [0.25, 0.3) is 0 Å². The third kappa shape index (κ3) is 3.35. The van der Waals surface area contributed by atoms with Crippen molar-refractivity contribution in [3.05, 3.63) is 0 Å². The summed E-state index contributed by atoms with van der Waals surface area (Å²) in [6.45, 7) is 4.34. The van der Waals surface area contributed by atoms with Crippen LogP contribution in [0.25, 0.3) is 0 Å². The molecule has 1 heterocycles. The van der Waals surface area contributed by atoms with Gasteiger partial charge in [-0.05, 0) is 32.4 Å². The summed E-state index contributed by atoms with van der Waals surface area (Å²) in [5, 5.41) is 8.69. The molecule has 1 rings (SSSR count). The number of hydrogen-bond acceptors (Lipinski definition) is 2. The lowest BCUT2D eigenvalue weighted by Gasteiger charge is -2.22. The molecule has 0 bridgehead atoms. The molecular formula is C10H19NO2. The molecule has 0 aromatic carbocycles.